The highest BCUT2D eigenvalue weighted by molar-refractivity contribution is 7.10. The van der Waals surface area contributed by atoms with Crippen LogP contribution in [0.3, 0.4) is 0 Å². The van der Waals surface area contributed by atoms with Gasteiger partial charge in [-0.3, -0.25) is 9.59 Å². The van der Waals surface area contributed by atoms with Gasteiger partial charge in [-0.15, -0.1) is 11.3 Å². The zero-order valence-corrected chi connectivity index (χ0v) is 19.4. The molecular weight excluding hydrogens is 439 g/mol. The maximum Gasteiger partial charge on any atom is 0.254 e. The molecular formula is C26H27FN2O3S. The van der Waals surface area contributed by atoms with E-state index in [1.165, 1.54) is 29.1 Å². The van der Waals surface area contributed by atoms with Crippen LogP contribution < -0.4 is 0 Å². The van der Waals surface area contributed by atoms with Crippen LogP contribution in [0.1, 0.15) is 38.8 Å². The van der Waals surface area contributed by atoms with Crippen LogP contribution in [0.5, 0.6) is 0 Å². The number of methoxy groups -OCH3 is 1. The maximum absolute atomic E-state index is 13.6. The molecule has 0 saturated carbocycles. The summed E-state index contributed by atoms with van der Waals surface area (Å²) < 4.78 is 18.5. The lowest BCUT2D eigenvalue weighted by Crippen LogP contribution is -2.47. The topological polar surface area (TPSA) is 49.9 Å². The molecule has 2 amide bonds. The molecule has 7 heteroatoms. The fraction of sp³-hybridized carbons (Fsp3) is 0.308. The second kappa shape index (κ2) is 10.7. The Bertz CT molecular complexity index is 1080. The lowest BCUT2D eigenvalue weighted by molar-refractivity contribution is -0.134. The van der Waals surface area contributed by atoms with Crippen molar-refractivity contribution in [3.63, 3.8) is 0 Å². The van der Waals surface area contributed by atoms with Crippen LogP contribution in [0, 0.1) is 5.82 Å². The van der Waals surface area contributed by atoms with Gasteiger partial charge >= 0.3 is 0 Å². The Morgan fingerprint density at radius 3 is 2.61 bits per heavy atom. The number of fused-ring (bicyclic) bond motifs is 1. The minimum Gasteiger partial charge on any atom is -0.385 e. The van der Waals surface area contributed by atoms with Crippen molar-refractivity contribution in [2.24, 2.45) is 0 Å². The first-order valence-electron chi connectivity index (χ1n) is 11.0. The van der Waals surface area contributed by atoms with Crippen molar-refractivity contribution >= 4 is 23.2 Å². The molecule has 0 spiro atoms. The molecule has 2 heterocycles. The number of halogens is 1. The summed E-state index contributed by atoms with van der Waals surface area (Å²) in [6.07, 6.45) is 1.41. The number of nitrogens with zero attached hydrogens (tertiary/aromatic N) is 2. The summed E-state index contributed by atoms with van der Waals surface area (Å²) in [6, 6.07) is 17.4. The van der Waals surface area contributed by atoms with Crippen LogP contribution in [0.2, 0.25) is 0 Å². The molecule has 1 atom stereocenters. The van der Waals surface area contributed by atoms with Crippen molar-refractivity contribution in [1.29, 1.82) is 0 Å². The van der Waals surface area contributed by atoms with Crippen LogP contribution in [-0.2, 0) is 16.0 Å². The predicted octanol–water partition coefficient (Wildman–Crippen LogP) is 4.54. The average Bonchev–Trinajstić information content (AvgIpc) is 3.32. The second-order valence-electron chi connectivity index (χ2n) is 8.03. The van der Waals surface area contributed by atoms with Crippen LogP contribution in [-0.4, -0.2) is 55.0 Å². The molecule has 33 heavy (non-hydrogen) atoms. The van der Waals surface area contributed by atoms with Crippen molar-refractivity contribution in [3.05, 3.63) is 93.4 Å². The normalized spacial score (nSPS) is 15.2. The summed E-state index contributed by atoms with van der Waals surface area (Å²) in [5.41, 5.74) is 2.57. The number of ether oxygens (including phenoxy) is 1. The first kappa shape index (κ1) is 23.1. The van der Waals surface area contributed by atoms with E-state index in [-0.39, 0.29) is 24.4 Å². The van der Waals surface area contributed by atoms with E-state index < -0.39 is 5.82 Å². The van der Waals surface area contributed by atoms with Gasteiger partial charge in [-0.05, 0) is 59.7 Å². The van der Waals surface area contributed by atoms with Crippen molar-refractivity contribution in [2.75, 3.05) is 33.4 Å². The molecule has 0 radical (unpaired) electrons. The molecule has 1 aromatic heterocycles. The van der Waals surface area contributed by atoms with Gasteiger partial charge < -0.3 is 14.5 Å². The molecule has 1 aliphatic heterocycles. The zero-order valence-electron chi connectivity index (χ0n) is 18.6. The number of carbonyl (C=O) groups excluding carboxylic acids is 2. The monoisotopic (exact) mass is 466 g/mol. The lowest BCUT2D eigenvalue weighted by Gasteiger charge is -2.37. The number of amides is 2. The van der Waals surface area contributed by atoms with Crippen LogP contribution in [0.25, 0.3) is 0 Å². The summed E-state index contributed by atoms with van der Waals surface area (Å²) in [5, 5.41) is 2.07. The summed E-state index contributed by atoms with van der Waals surface area (Å²) in [5.74, 6) is -0.795. The number of hydrogen-bond donors (Lipinski definition) is 0. The molecule has 0 bridgehead atoms. The zero-order chi connectivity index (χ0) is 23.2. The number of benzene rings is 2. The summed E-state index contributed by atoms with van der Waals surface area (Å²) in [4.78, 5) is 31.5. The number of thiophene rings is 1. The first-order chi connectivity index (χ1) is 16.1. The summed E-state index contributed by atoms with van der Waals surface area (Å²) >= 11 is 1.72. The smallest absolute Gasteiger partial charge is 0.254 e. The standard InChI is InChI=1S/C26H27FN2O3S/c1-32-16-5-14-28(26(31)20-8-10-21(27)11-9-20)18-24(30)29-15-12-23-22(13-17-33-23)25(29)19-6-3-2-4-7-19/h2-4,6-11,13,17,25H,5,12,14-16,18H2,1H3. The number of rotatable bonds is 8. The van der Waals surface area contributed by atoms with E-state index in [9.17, 15) is 14.0 Å². The lowest BCUT2D eigenvalue weighted by atomic mass is 9.93. The Kier molecular flexibility index (Phi) is 7.52. The van der Waals surface area contributed by atoms with Crippen LogP contribution in [0.15, 0.2) is 66.0 Å². The minimum absolute atomic E-state index is 0.0390. The Morgan fingerprint density at radius 2 is 1.88 bits per heavy atom. The largest absolute Gasteiger partial charge is 0.385 e. The third-order valence-corrected chi connectivity index (χ3v) is 6.88. The number of hydrogen-bond acceptors (Lipinski definition) is 4. The maximum atomic E-state index is 13.6. The van der Waals surface area contributed by atoms with Crippen molar-refractivity contribution in [2.45, 2.75) is 18.9 Å². The second-order valence-corrected chi connectivity index (χ2v) is 9.03. The molecule has 5 nitrogen and oxygen atoms in total. The minimum atomic E-state index is -0.404. The van der Waals surface area contributed by atoms with Crippen molar-refractivity contribution in [3.8, 4) is 0 Å². The van der Waals surface area contributed by atoms with Crippen LogP contribution in [0.4, 0.5) is 4.39 Å². The van der Waals surface area contributed by atoms with Gasteiger partial charge in [0, 0.05) is 37.2 Å². The van der Waals surface area contributed by atoms with Crippen molar-refractivity contribution < 1.29 is 18.7 Å². The van der Waals surface area contributed by atoms with Gasteiger partial charge in [0.25, 0.3) is 5.91 Å². The molecule has 0 N–H and O–H groups in total. The molecule has 0 fully saturated rings. The molecule has 172 valence electrons. The molecule has 4 rings (SSSR count). The Hall–Kier alpha value is -3.03. The molecule has 1 unspecified atom stereocenters. The highest BCUT2D eigenvalue weighted by Crippen LogP contribution is 2.37. The molecule has 3 aromatic rings. The SMILES string of the molecule is COCCCN(CC(=O)N1CCc2sccc2C1c1ccccc1)C(=O)c1ccc(F)cc1. The third-order valence-electron chi connectivity index (χ3n) is 5.88. The highest BCUT2D eigenvalue weighted by atomic mass is 32.1. The Morgan fingerprint density at radius 1 is 1.12 bits per heavy atom. The molecule has 0 saturated heterocycles. The van der Waals surface area contributed by atoms with E-state index in [4.69, 9.17) is 4.74 Å². The Balaban J connectivity index is 1.58. The van der Waals surface area contributed by atoms with E-state index in [1.54, 1.807) is 23.3 Å². The van der Waals surface area contributed by atoms with Crippen molar-refractivity contribution in [1.82, 2.24) is 9.80 Å². The van der Waals surface area contributed by atoms with Gasteiger partial charge in [-0.1, -0.05) is 30.3 Å². The molecule has 2 aromatic carbocycles. The van der Waals surface area contributed by atoms with Crippen LogP contribution >= 0.6 is 11.3 Å². The predicted molar refractivity (Wildman–Crippen MR) is 127 cm³/mol. The summed E-state index contributed by atoms with van der Waals surface area (Å²) in [7, 11) is 1.61. The average molecular weight is 467 g/mol. The Labute approximate surface area is 197 Å². The number of carbonyl (C=O) groups is 2. The fourth-order valence-electron chi connectivity index (χ4n) is 4.26. The van der Waals surface area contributed by atoms with Gasteiger partial charge in [-0.25, -0.2) is 4.39 Å². The third kappa shape index (κ3) is 5.31. The first-order valence-corrected chi connectivity index (χ1v) is 11.9. The van der Waals surface area contributed by atoms with E-state index in [0.717, 1.165) is 17.5 Å². The van der Waals surface area contributed by atoms with Gasteiger partial charge in [0.1, 0.15) is 12.4 Å². The molecule has 1 aliphatic rings. The van der Waals surface area contributed by atoms with Gasteiger partial charge in [0.05, 0.1) is 6.04 Å². The quantitative estimate of drug-likeness (QED) is 0.458. The van der Waals surface area contributed by atoms with Gasteiger partial charge in [0.15, 0.2) is 0 Å². The van der Waals surface area contributed by atoms with E-state index in [2.05, 4.69) is 11.4 Å². The van der Waals surface area contributed by atoms with Gasteiger partial charge in [0.2, 0.25) is 5.91 Å². The van der Waals surface area contributed by atoms with E-state index >= 15 is 0 Å². The molecule has 0 aliphatic carbocycles. The van der Waals surface area contributed by atoms with E-state index in [1.807, 2.05) is 35.2 Å². The van der Waals surface area contributed by atoms with Gasteiger partial charge in [-0.2, -0.15) is 0 Å². The fourth-order valence-corrected chi connectivity index (χ4v) is 5.16. The van der Waals surface area contributed by atoms with E-state index in [0.29, 0.717) is 31.7 Å². The highest BCUT2D eigenvalue weighted by Gasteiger charge is 2.34. The summed E-state index contributed by atoms with van der Waals surface area (Å²) in [6.45, 7) is 1.42.